The van der Waals surface area contributed by atoms with E-state index in [4.69, 9.17) is 0 Å². The van der Waals surface area contributed by atoms with Gasteiger partial charge in [-0.3, -0.25) is 11.3 Å². The molecular weight excluding hydrogens is 569 g/mol. The summed E-state index contributed by atoms with van der Waals surface area (Å²) in [6.07, 6.45) is 1.61. The smallest absolute Gasteiger partial charge is 0.159 e. The van der Waals surface area contributed by atoms with Gasteiger partial charge in [-0.1, -0.05) is 58.1 Å². The van der Waals surface area contributed by atoms with Crippen LogP contribution in [-0.4, -0.2) is 19.2 Å². The number of rotatable bonds is 1. The summed E-state index contributed by atoms with van der Waals surface area (Å²) >= 11 is 1.69. The quantitative estimate of drug-likeness (QED) is 0.223. The fourth-order valence-corrected chi connectivity index (χ4v) is 5.30. The van der Waals surface area contributed by atoms with Crippen LogP contribution < -0.4 is 0 Å². The molecule has 3 aromatic carbocycles. The third kappa shape index (κ3) is 2.24. The molecule has 0 bridgehead atoms. The van der Waals surface area contributed by atoms with Crippen molar-refractivity contribution in [3.05, 3.63) is 84.5 Å². The van der Waals surface area contributed by atoms with E-state index in [0.29, 0.717) is 0 Å². The van der Waals surface area contributed by atoms with E-state index >= 15 is 0 Å². The van der Waals surface area contributed by atoms with Crippen molar-refractivity contribution in [2.45, 2.75) is 0 Å². The van der Waals surface area contributed by atoms with Crippen LogP contribution in [0.25, 0.3) is 54.1 Å². The van der Waals surface area contributed by atoms with E-state index in [0.717, 1.165) is 22.2 Å². The van der Waals surface area contributed by atoms with Crippen LogP contribution in [0.15, 0.2) is 78.4 Å². The summed E-state index contributed by atoms with van der Waals surface area (Å²) in [4.78, 5) is 4.50. The molecule has 7 aromatic rings. The molecule has 0 saturated carbocycles. The summed E-state index contributed by atoms with van der Waals surface area (Å²) in [5.74, 6) is 0. The van der Waals surface area contributed by atoms with Gasteiger partial charge in [0.1, 0.15) is 6.33 Å². The molecule has 145 valence electrons. The van der Waals surface area contributed by atoms with Gasteiger partial charge < -0.3 is 4.57 Å². The van der Waals surface area contributed by atoms with E-state index < -0.39 is 0 Å². The molecule has 4 heterocycles. The van der Waals surface area contributed by atoms with Gasteiger partial charge in [-0.2, -0.15) is 5.10 Å². The molecule has 0 N–H and O–H groups in total. The van der Waals surface area contributed by atoms with Crippen molar-refractivity contribution in [1.82, 2.24) is 19.2 Å². The Morgan fingerprint density at radius 3 is 2.30 bits per heavy atom. The van der Waals surface area contributed by atoms with Crippen molar-refractivity contribution >= 4 is 59.8 Å². The van der Waals surface area contributed by atoms with Crippen molar-refractivity contribution in [3.8, 4) is 5.69 Å². The van der Waals surface area contributed by atoms with Gasteiger partial charge in [-0.15, -0.1) is 5.38 Å². The second kappa shape index (κ2) is 6.47. The maximum atomic E-state index is 4.50. The molecule has 0 saturated heterocycles. The van der Waals surface area contributed by atoms with E-state index in [9.17, 15) is 0 Å². The van der Waals surface area contributed by atoms with Crippen LogP contribution >= 0.6 is 11.3 Å². The SMILES string of the molecule is [Ir].[c-]1csc2c3cc(-n4c5ccccc5c5ccccc54)ccc3c3ncnn3c12. The third-order valence-electron chi connectivity index (χ3n) is 5.67. The summed E-state index contributed by atoms with van der Waals surface area (Å²) in [5, 5.41) is 11.2. The van der Waals surface area contributed by atoms with Crippen LogP contribution in [-0.2, 0) is 20.1 Å². The molecule has 4 aromatic heterocycles. The fourth-order valence-electron chi connectivity index (χ4n) is 4.46. The topological polar surface area (TPSA) is 35.1 Å². The molecule has 0 fully saturated rings. The summed E-state index contributed by atoms with van der Waals surface area (Å²) in [7, 11) is 0. The van der Waals surface area contributed by atoms with Crippen LogP contribution in [0.4, 0.5) is 0 Å². The van der Waals surface area contributed by atoms with E-state index in [1.54, 1.807) is 17.7 Å². The zero-order chi connectivity index (χ0) is 18.9. The fraction of sp³-hybridized carbons (Fsp3) is 0. The molecule has 6 heteroatoms. The summed E-state index contributed by atoms with van der Waals surface area (Å²) in [6.45, 7) is 0. The van der Waals surface area contributed by atoms with Crippen LogP contribution in [0.3, 0.4) is 0 Å². The first-order valence-corrected chi connectivity index (χ1v) is 10.3. The van der Waals surface area contributed by atoms with Crippen molar-refractivity contribution < 1.29 is 20.1 Å². The van der Waals surface area contributed by atoms with Crippen LogP contribution in [0, 0.1) is 6.07 Å². The number of aromatic nitrogens is 4. The van der Waals surface area contributed by atoms with Gasteiger partial charge in [0, 0.05) is 42.0 Å². The van der Waals surface area contributed by atoms with E-state index in [1.165, 1.54) is 31.9 Å². The summed E-state index contributed by atoms with van der Waals surface area (Å²) < 4.78 is 5.41. The Kier molecular flexibility index (Phi) is 3.84. The van der Waals surface area contributed by atoms with E-state index in [2.05, 4.69) is 87.4 Å². The van der Waals surface area contributed by atoms with Crippen LogP contribution in [0.5, 0.6) is 0 Å². The van der Waals surface area contributed by atoms with Gasteiger partial charge in [-0.25, -0.2) is 15.6 Å². The number of thiophene rings is 1. The van der Waals surface area contributed by atoms with Crippen molar-refractivity contribution in [3.63, 3.8) is 0 Å². The molecular formula is C24H13IrN4S-. The molecule has 1 radical (unpaired) electrons. The minimum Gasteiger partial charge on any atom is -0.309 e. The van der Waals surface area contributed by atoms with Gasteiger partial charge >= 0.3 is 0 Å². The Labute approximate surface area is 188 Å². The minimum atomic E-state index is 0. The zero-order valence-electron chi connectivity index (χ0n) is 15.5. The van der Waals surface area contributed by atoms with Crippen molar-refractivity contribution in [2.24, 2.45) is 0 Å². The van der Waals surface area contributed by atoms with Crippen molar-refractivity contribution in [1.29, 1.82) is 0 Å². The number of nitrogens with zero attached hydrogens (tertiary/aromatic N) is 4. The number of fused-ring (bicyclic) bond motifs is 9. The second-order valence-electron chi connectivity index (χ2n) is 7.15. The first kappa shape index (κ1) is 17.8. The van der Waals surface area contributed by atoms with Crippen LogP contribution in [0.2, 0.25) is 0 Å². The monoisotopic (exact) mass is 582 g/mol. The predicted molar refractivity (Wildman–Crippen MR) is 119 cm³/mol. The largest absolute Gasteiger partial charge is 0.309 e. The molecule has 4 nitrogen and oxygen atoms in total. The summed E-state index contributed by atoms with van der Waals surface area (Å²) in [5.41, 5.74) is 5.43. The Bertz CT molecular complexity index is 1670. The normalized spacial score (nSPS) is 11.7. The molecule has 0 aliphatic rings. The zero-order valence-corrected chi connectivity index (χ0v) is 18.7. The van der Waals surface area contributed by atoms with E-state index in [-0.39, 0.29) is 20.1 Å². The molecule has 0 aliphatic heterocycles. The summed E-state index contributed by atoms with van der Waals surface area (Å²) in [6, 6.07) is 27.1. The van der Waals surface area contributed by atoms with Gasteiger partial charge in [0.2, 0.25) is 0 Å². The number of benzene rings is 3. The predicted octanol–water partition coefficient (Wildman–Crippen LogP) is 5.99. The first-order valence-electron chi connectivity index (χ1n) is 9.43. The Hall–Kier alpha value is -3.05. The number of hydrogen-bond donors (Lipinski definition) is 0. The average Bonchev–Trinajstić information content (AvgIpc) is 3.50. The molecule has 0 amide bonds. The second-order valence-corrected chi connectivity index (χ2v) is 8.03. The standard InChI is InChI=1S/C24H13N4S.Ir/c1-3-7-20-16(5-1)17-6-2-4-8-21(17)27(20)15-9-10-18-19(13-15)23-22(11-12-29-23)28-24(18)25-14-26-28;/h1-10,12-14H;/q-1;. The molecule has 7 rings (SSSR count). The molecule has 0 atom stereocenters. The maximum absolute atomic E-state index is 4.50. The molecule has 0 spiro atoms. The molecule has 0 unspecified atom stereocenters. The first-order chi connectivity index (χ1) is 14.4. The van der Waals surface area contributed by atoms with Gasteiger partial charge in [0.05, 0.1) is 11.0 Å². The Morgan fingerprint density at radius 2 is 1.53 bits per heavy atom. The van der Waals surface area contributed by atoms with E-state index in [1.807, 2.05) is 9.90 Å². The number of para-hydroxylation sites is 2. The van der Waals surface area contributed by atoms with Gasteiger partial charge in [0.25, 0.3) is 0 Å². The van der Waals surface area contributed by atoms with Gasteiger partial charge in [-0.05, 0) is 24.3 Å². The number of pyridine rings is 1. The number of hydrogen-bond acceptors (Lipinski definition) is 3. The third-order valence-corrected chi connectivity index (χ3v) is 6.56. The van der Waals surface area contributed by atoms with Crippen LogP contribution in [0.1, 0.15) is 0 Å². The maximum Gasteiger partial charge on any atom is 0.159 e. The Balaban J connectivity index is 0.00000175. The van der Waals surface area contributed by atoms with Crippen molar-refractivity contribution in [2.75, 3.05) is 0 Å². The molecule has 0 aliphatic carbocycles. The Morgan fingerprint density at radius 1 is 0.800 bits per heavy atom. The van der Waals surface area contributed by atoms with Gasteiger partial charge in [0.15, 0.2) is 5.65 Å². The minimum absolute atomic E-state index is 0. The average molecular weight is 582 g/mol. The molecule has 30 heavy (non-hydrogen) atoms.